The highest BCUT2D eigenvalue weighted by molar-refractivity contribution is 7.12. The minimum atomic E-state index is -0.384. The van der Waals surface area contributed by atoms with E-state index in [1.165, 1.54) is 29.5 Å². The van der Waals surface area contributed by atoms with Crippen LogP contribution in [0, 0.1) is 0 Å². The Morgan fingerprint density at radius 1 is 1.64 bits per heavy atom. The van der Waals surface area contributed by atoms with Crippen molar-refractivity contribution < 1.29 is 9.53 Å². The van der Waals surface area contributed by atoms with E-state index in [1.54, 1.807) is 11.4 Å². The fraction of sp³-hybridized carbons (Fsp3) is 0.143. The molecule has 0 aliphatic rings. The first-order valence-electron chi connectivity index (χ1n) is 3.72. The number of ether oxygens (including phenoxy) is 1. The second-order valence-electron chi connectivity index (χ2n) is 2.38. The molecule has 2 rings (SSSR count). The quantitative estimate of drug-likeness (QED) is 0.675. The van der Waals surface area contributed by atoms with E-state index >= 15 is 0 Å². The molecule has 0 N–H and O–H groups in total. The van der Waals surface area contributed by atoms with E-state index in [0.29, 0.717) is 10.6 Å². The highest BCUT2D eigenvalue weighted by atomic mass is 32.1. The molecule has 2 heterocycles. The molecule has 6 nitrogen and oxygen atoms in total. The summed E-state index contributed by atoms with van der Waals surface area (Å²) in [4.78, 5) is 11.8. The minimum absolute atomic E-state index is 0.384. The molecule has 14 heavy (non-hydrogen) atoms. The van der Waals surface area contributed by atoms with Gasteiger partial charge in [0.05, 0.1) is 12.8 Å². The highest BCUT2D eigenvalue weighted by Gasteiger charge is 2.15. The van der Waals surface area contributed by atoms with Crippen LogP contribution in [0.15, 0.2) is 17.8 Å². The Labute approximate surface area is 83.1 Å². The number of tetrazole rings is 1. The van der Waals surface area contributed by atoms with E-state index < -0.39 is 0 Å². The molecule has 7 heteroatoms. The fourth-order valence-corrected chi connectivity index (χ4v) is 1.79. The molecule has 0 aromatic carbocycles. The summed E-state index contributed by atoms with van der Waals surface area (Å²) in [5, 5.41) is 12.5. The summed E-state index contributed by atoms with van der Waals surface area (Å²) in [7, 11) is 1.34. The van der Waals surface area contributed by atoms with Gasteiger partial charge >= 0.3 is 5.97 Å². The molecule has 2 aromatic rings. The summed E-state index contributed by atoms with van der Waals surface area (Å²) in [5.74, 6) is -0.384. The normalized spacial score (nSPS) is 10.1. The Balaban J connectivity index is 2.45. The van der Waals surface area contributed by atoms with E-state index in [4.69, 9.17) is 0 Å². The maximum absolute atomic E-state index is 11.3. The van der Waals surface area contributed by atoms with Gasteiger partial charge in [-0.15, -0.1) is 16.4 Å². The number of thiophene rings is 1. The van der Waals surface area contributed by atoms with Crippen molar-refractivity contribution in [3.63, 3.8) is 0 Å². The Hall–Kier alpha value is -1.76. The molecule has 0 fully saturated rings. The van der Waals surface area contributed by atoms with Gasteiger partial charge in [-0.1, -0.05) is 0 Å². The Morgan fingerprint density at radius 2 is 2.50 bits per heavy atom. The van der Waals surface area contributed by atoms with Crippen molar-refractivity contribution in [1.29, 1.82) is 0 Å². The van der Waals surface area contributed by atoms with E-state index in [-0.39, 0.29) is 5.97 Å². The molecular weight excluding hydrogens is 204 g/mol. The summed E-state index contributed by atoms with van der Waals surface area (Å²) in [6.45, 7) is 0. The lowest BCUT2D eigenvalue weighted by atomic mass is 10.4. The lowest BCUT2D eigenvalue weighted by molar-refractivity contribution is 0.0606. The van der Waals surface area contributed by atoms with Crippen molar-refractivity contribution in [3.05, 3.63) is 22.7 Å². The molecule has 72 valence electrons. The molecule has 0 saturated carbocycles. The van der Waals surface area contributed by atoms with Gasteiger partial charge < -0.3 is 4.74 Å². The number of hydrogen-bond acceptors (Lipinski definition) is 6. The number of methoxy groups -OCH3 is 1. The predicted molar refractivity (Wildman–Crippen MR) is 48.4 cm³/mol. The van der Waals surface area contributed by atoms with Gasteiger partial charge in [0.25, 0.3) is 0 Å². The smallest absolute Gasteiger partial charge is 0.350 e. The molecule has 2 aromatic heterocycles. The van der Waals surface area contributed by atoms with Gasteiger partial charge in [0.1, 0.15) is 11.2 Å². The molecular formula is C7H6N4O2S. The van der Waals surface area contributed by atoms with Crippen LogP contribution < -0.4 is 0 Å². The molecule has 0 atom stereocenters. The number of esters is 1. The lowest BCUT2D eigenvalue weighted by Crippen LogP contribution is -2.04. The van der Waals surface area contributed by atoms with Gasteiger partial charge in [-0.3, -0.25) is 0 Å². The molecule has 0 unspecified atom stereocenters. The maximum atomic E-state index is 11.3. The zero-order chi connectivity index (χ0) is 9.97. The number of nitrogens with zero attached hydrogens (tertiary/aromatic N) is 4. The van der Waals surface area contributed by atoms with Crippen LogP contribution in [-0.2, 0) is 4.74 Å². The Morgan fingerprint density at radius 3 is 3.14 bits per heavy atom. The van der Waals surface area contributed by atoms with Crippen LogP contribution in [0.4, 0.5) is 0 Å². The van der Waals surface area contributed by atoms with Crippen LogP contribution in [-0.4, -0.2) is 33.3 Å². The number of rotatable bonds is 2. The average molecular weight is 210 g/mol. The van der Waals surface area contributed by atoms with Crippen molar-refractivity contribution in [2.45, 2.75) is 0 Å². The first kappa shape index (κ1) is 8.82. The number of hydrogen-bond donors (Lipinski definition) is 0. The maximum Gasteiger partial charge on any atom is 0.350 e. The lowest BCUT2D eigenvalue weighted by Gasteiger charge is -1.99. The molecule has 0 radical (unpaired) electrons. The molecule has 0 spiro atoms. The van der Waals surface area contributed by atoms with Crippen LogP contribution in [0.2, 0.25) is 0 Å². The second-order valence-corrected chi connectivity index (χ2v) is 3.30. The van der Waals surface area contributed by atoms with Crippen LogP contribution in [0.5, 0.6) is 0 Å². The number of aromatic nitrogens is 4. The Bertz CT molecular complexity index is 436. The van der Waals surface area contributed by atoms with Crippen LogP contribution in [0.3, 0.4) is 0 Å². The minimum Gasteiger partial charge on any atom is -0.465 e. The zero-order valence-corrected chi connectivity index (χ0v) is 8.06. The van der Waals surface area contributed by atoms with E-state index in [9.17, 15) is 4.79 Å². The van der Waals surface area contributed by atoms with E-state index in [2.05, 4.69) is 20.3 Å². The zero-order valence-electron chi connectivity index (χ0n) is 7.25. The van der Waals surface area contributed by atoms with Gasteiger partial charge in [0.15, 0.2) is 0 Å². The summed E-state index contributed by atoms with van der Waals surface area (Å²) in [6.07, 6.45) is 1.43. The predicted octanol–water partition coefficient (Wildman–Crippen LogP) is 0.510. The van der Waals surface area contributed by atoms with Gasteiger partial charge in [0, 0.05) is 0 Å². The van der Waals surface area contributed by atoms with Crippen LogP contribution in [0.1, 0.15) is 9.67 Å². The highest BCUT2D eigenvalue weighted by Crippen LogP contribution is 2.20. The van der Waals surface area contributed by atoms with E-state index in [1.807, 2.05) is 0 Å². The summed E-state index contributed by atoms with van der Waals surface area (Å²) in [6, 6.07) is 1.76. The monoisotopic (exact) mass is 210 g/mol. The molecule has 0 amide bonds. The number of carbonyl (C=O) groups is 1. The third-order valence-electron chi connectivity index (χ3n) is 1.61. The van der Waals surface area contributed by atoms with E-state index in [0.717, 1.165) is 0 Å². The van der Waals surface area contributed by atoms with Gasteiger partial charge in [-0.05, 0) is 21.9 Å². The largest absolute Gasteiger partial charge is 0.465 e. The average Bonchev–Trinajstić information content (AvgIpc) is 2.85. The van der Waals surface area contributed by atoms with Crippen molar-refractivity contribution in [3.8, 4) is 5.69 Å². The molecule has 0 bridgehead atoms. The fourth-order valence-electron chi connectivity index (χ4n) is 1.00. The van der Waals surface area contributed by atoms with Gasteiger partial charge in [-0.25, -0.2) is 4.79 Å². The molecule has 0 aliphatic carbocycles. The first-order chi connectivity index (χ1) is 6.83. The van der Waals surface area contributed by atoms with Crippen LogP contribution in [0.25, 0.3) is 5.69 Å². The SMILES string of the molecule is COC(=O)c1sccc1-n1cnnn1. The molecule has 0 aliphatic heterocycles. The Kier molecular flexibility index (Phi) is 2.23. The van der Waals surface area contributed by atoms with Crippen molar-refractivity contribution in [2.75, 3.05) is 7.11 Å². The summed E-state index contributed by atoms with van der Waals surface area (Å²) in [5.41, 5.74) is 0.631. The van der Waals surface area contributed by atoms with Crippen molar-refractivity contribution >= 4 is 17.3 Å². The van der Waals surface area contributed by atoms with Crippen molar-refractivity contribution in [2.24, 2.45) is 0 Å². The third kappa shape index (κ3) is 1.37. The topological polar surface area (TPSA) is 69.9 Å². The second kappa shape index (κ2) is 3.54. The third-order valence-corrected chi connectivity index (χ3v) is 2.49. The van der Waals surface area contributed by atoms with Gasteiger partial charge in [-0.2, -0.15) is 4.68 Å². The first-order valence-corrected chi connectivity index (χ1v) is 4.60. The standard InChI is InChI=1S/C7H6N4O2S/c1-13-7(12)6-5(2-3-14-6)11-4-8-9-10-11/h2-4H,1H3. The number of carbonyl (C=O) groups excluding carboxylic acids is 1. The molecule has 0 saturated heterocycles. The van der Waals surface area contributed by atoms with Gasteiger partial charge in [0.2, 0.25) is 0 Å². The summed E-state index contributed by atoms with van der Waals surface area (Å²) >= 11 is 1.29. The van der Waals surface area contributed by atoms with Crippen molar-refractivity contribution in [1.82, 2.24) is 20.2 Å². The summed E-state index contributed by atoms with van der Waals surface area (Å²) < 4.78 is 6.04. The van der Waals surface area contributed by atoms with Crippen LogP contribution >= 0.6 is 11.3 Å².